The third-order valence-electron chi connectivity index (χ3n) is 7.13. The summed E-state index contributed by atoms with van der Waals surface area (Å²) < 4.78 is 7.11. The molecule has 5 heteroatoms. The summed E-state index contributed by atoms with van der Waals surface area (Å²) in [5.74, 6) is 0. The number of rotatable bonds is 4. The van der Waals surface area contributed by atoms with Crippen molar-refractivity contribution in [3.05, 3.63) is 118 Å². The molecular weight excluding hydrogens is 497 g/mol. The van der Waals surface area contributed by atoms with Gasteiger partial charge in [-0.25, -0.2) is 0 Å². The first-order chi connectivity index (χ1) is 16.7. The Morgan fingerprint density at radius 1 is 0.676 bits per heavy atom. The minimum absolute atomic E-state index is 0. The molecule has 0 amide bonds. The minimum atomic E-state index is 0. The van der Waals surface area contributed by atoms with Crippen LogP contribution in [0.4, 0.5) is 0 Å². The van der Waals surface area contributed by atoms with Crippen LogP contribution in [0.2, 0.25) is 0 Å². The van der Waals surface area contributed by atoms with E-state index in [1.54, 1.807) is 0 Å². The van der Waals surface area contributed by atoms with Crippen LogP contribution in [0.15, 0.2) is 73.3 Å². The molecule has 0 N–H and O–H groups in total. The summed E-state index contributed by atoms with van der Waals surface area (Å²) in [4.78, 5) is 0. The molecule has 5 aromatic rings. The maximum absolute atomic E-state index is 2.42. The number of aryl methyl sites for hydroxylation is 6. The number of benzene rings is 3. The van der Waals surface area contributed by atoms with Gasteiger partial charge < -0.3 is 24.8 Å². The number of fused-ring (bicyclic) bond motifs is 1. The first kappa shape index (κ1) is 28.4. The average molecular weight is 533 g/mol. The topological polar surface area (TPSA) is 12.7 Å². The van der Waals surface area contributed by atoms with Gasteiger partial charge in [-0.15, -0.1) is 0 Å². The van der Waals surface area contributed by atoms with Gasteiger partial charge in [0.25, 0.3) is 6.33 Å². The molecule has 0 fully saturated rings. The highest BCUT2D eigenvalue weighted by Gasteiger charge is 2.29. The molecule has 0 aliphatic rings. The number of nitrogens with zero attached hydrogens (tertiary/aromatic N) is 3. The van der Waals surface area contributed by atoms with Crippen molar-refractivity contribution in [1.29, 1.82) is 0 Å². The minimum Gasteiger partial charge on any atom is -1.00 e. The standard InChI is InChI=1S/C32H35N3.2ClH/c1-21-14-23(3)31(24(4)15-21)34-20-35(32-25(5)16-22(2)17-26(32)6)30(27(34)7)19-33-13-12-28-10-8-9-11-29(28)18-33;;/h8-18,20H,19H2,1-7H3;2*1H/q+2;;/p-2. The second kappa shape index (κ2) is 11.1. The number of pyridine rings is 1. The zero-order valence-corrected chi connectivity index (χ0v) is 24.2. The maximum atomic E-state index is 2.42. The number of imidazole rings is 1. The maximum Gasteiger partial charge on any atom is 0.254 e. The van der Waals surface area contributed by atoms with Crippen molar-refractivity contribution >= 4 is 10.8 Å². The summed E-state index contributed by atoms with van der Waals surface area (Å²) in [6, 6.07) is 19.9. The summed E-state index contributed by atoms with van der Waals surface area (Å²) in [6.45, 7) is 16.3. The summed E-state index contributed by atoms with van der Waals surface area (Å²) >= 11 is 0. The van der Waals surface area contributed by atoms with E-state index >= 15 is 0 Å². The quantitative estimate of drug-likeness (QED) is 0.298. The monoisotopic (exact) mass is 531 g/mol. The molecule has 192 valence electrons. The van der Waals surface area contributed by atoms with Crippen LogP contribution in [0.5, 0.6) is 0 Å². The zero-order valence-electron chi connectivity index (χ0n) is 22.7. The van der Waals surface area contributed by atoms with Crippen LogP contribution in [0, 0.1) is 48.5 Å². The van der Waals surface area contributed by atoms with Crippen LogP contribution in [0.1, 0.15) is 44.8 Å². The van der Waals surface area contributed by atoms with Gasteiger partial charge in [0, 0.05) is 18.4 Å². The smallest absolute Gasteiger partial charge is 0.254 e. The molecule has 0 radical (unpaired) electrons. The molecule has 0 aliphatic carbocycles. The van der Waals surface area contributed by atoms with E-state index in [-0.39, 0.29) is 24.8 Å². The fourth-order valence-electron chi connectivity index (χ4n) is 5.75. The molecule has 0 atom stereocenters. The van der Waals surface area contributed by atoms with Crippen molar-refractivity contribution in [2.75, 3.05) is 0 Å². The van der Waals surface area contributed by atoms with E-state index in [1.165, 1.54) is 66.9 Å². The van der Waals surface area contributed by atoms with E-state index in [2.05, 4.69) is 135 Å². The van der Waals surface area contributed by atoms with E-state index < -0.39 is 0 Å². The van der Waals surface area contributed by atoms with E-state index in [0.29, 0.717) is 0 Å². The SMILES string of the molecule is Cc1cc(C)c(-n2c[n+](-c3c(C)cc(C)cc3C)c(C[n+]3ccc4ccccc4c3)c2C)c(C)c1.[Cl-].[Cl-]. The summed E-state index contributed by atoms with van der Waals surface area (Å²) in [6.07, 6.45) is 6.75. The Bertz CT molecular complexity index is 1550. The van der Waals surface area contributed by atoms with Gasteiger partial charge >= 0.3 is 0 Å². The molecule has 0 bridgehead atoms. The molecule has 3 nitrogen and oxygen atoms in total. The third kappa shape index (κ3) is 5.30. The molecule has 2 heterocycles. The molecule has 0 aliphatic heterocycles. The van der Waals surface area contributed by atoms with Gasteiger partial charge in [-0.2, -0.15) is 13.7 Å². The Morgan fingerprint density at radius 2 is 1.22 bits per heavy atom. The van der Waals surface area contributed by atoms with Gasteiger partial charge in [-0.05, 0) is 75.2 Å². The lowest BCUT2D eigenvalue weighted by atomic mass is 10.0. The van der Waals surface area contributed by atoms with Crippen LogP contribution in [0.25, 0.3) is 22.1 Å². The Morgan fingerprint density at radius 3 is 1.81 bits per heavy atom. The fourth-order valence-corrected chi connectivity index (χ4v) is 5.75. The second-order valence-corrected chi connectivity index (χ2v) is 10.1. The first-order valence-electron chi connectivity index (χ1n) is 12.4. The molecule has 0 saturated carbocycles. The lowest BCUT2D eigenvalue weighted by Crippen LogP contribution is -3.00. The Balaban J connectivity index is 0.00000190. The largest absolute Gasteiger partial charge is 1.00 e. The molecular formula is C32H35Cl2N3. The Labute approximate surface area is 233 Å². The van der Waals surface area contributed by atoms with Crippen molar-refractivity contribution in [3.63, 3.8) is 0 Å². The summed E-state index contributed by atoms with van der Waals surface area (Å²) in [5, 5.41) is 2.52. The van der Waals surface area contributed by atoms with E-state index in [1.807, 2.05) is 0 Å². The van der Waals surface area contributed by atoms with Crippen molar-refractivity contribution in [2.24, 2.45) is 0 Å². The predicted octanol–water partition coefficient (Wildman–Crippen LogP) is 0.410. The zero-order chi connectivity index (χ0) is 24.9. The van der Waals surface area contributed by atoms with Crippen molar-refractivity contribution in [3.8, 4) is 11.4 Å². The van der Waals surface area contributed by atoms with Crippen molar-refractivity contribution in [1.82, 2.24) is 4.57 Å². The second-order valence-electron chi connectivity index (χ2n) is 10.1. The summed E-state index contributed by atoms with van der Waals surface area (Å²) in [7, 11) is 0. The normalized spacial score (nSPS) is 10.8. The number of hydrogen-bond donors (Lipinski definition) is 0. The van der Waals surface area contributed by atoms with Crippen LogP contribution in [0.3, 0.4) is 0 Å². The molecule has 0 unspecified atom stereocenters. The lowest BCUT2D eigenvalue weighted by molar-refractivity contribution is -0.714. The highest BCUT2D eigenvalue weighted by molar-refractivity contribution is 5.80. The van der Waals surface area contributed by atoms with Gasteiger partial charge in [0.05, 0.1) is 0 Å². The Hall–Kier alpha value is -3.14. The van der Waals surface area contributed by atoms with Gasteiger partial charge in [0.2, 0.25) is 12.2 Å². The van der Waals surface area contributed by atoms with E-state index in [0.717, 1.165) is 6.54 Å². The number of halogens is 2. The highest BCUT2D eigenvalue weighted by atomic mass is 35.5. The predicted molar refractivity (Wildman–Crippen MR) is 144 cm³/mol. The van der Waals surface area contributed by atoms with Gasteiger partial charge in [-0.1, -0.05) is 53.6 Å². The van der Waals surface area contributed by atoms with E-state index in [9.17, 15) is 0 Å². The first-order valence-corrected chi connectivity index (χ1v) is 12.4. The van der Waals surface area contributed by atoms with Gasteiger partial charge in [-0.3, -0.25) is 0 Å². The van der Waals surface area contributed by atoms with Crippen LogP contribution in [-0.2, 0) is 6.54 Å². The van der Waals surface area contributed by atoms with Crippen molar-refractivity contribution < 1.29 is 33.9 Å². The van der Waals surface area contributed by atoms with Gasteiger partial charge in [0.1, 0.15) is 11.4 Å². The summed E-state index contributed by atoms with van der Waals surface area (Å²) in [5.41, 5.74) is 12.9. The van der Waals surface area contributed by atoms with Gasteiger partial charge in [0.15, 0.2) is 18.1 Å². The molecule has 37 heavy (non-hydrogen) atoms. The number of hydrogen-bond acceptors (Lipinski definition) is 0. The number of aromatic nitrogens is 3. The molecule has 0 saturated heterocycles. The molecule has 5 rings (SSSR count). The van der Waals surface area contributed by atoms with Crippen LogP contribution >= 0.6 is 0 Å². The third-order valence-corrected chi connectivity index (χ3v) is 7.13. The van der Waals surface area contributed by atoms with Crippen LogP contribution < -0.4 is 33.9 Å². The van der Waals surface area contributed by atoms with Crippen molar-refractivity contribution in [2.45, 2.75) is 55.0 Å². The fraction of sp³-hybridized carbons (Fsp3) is 0.250. The van der Waals surface area contributed by atoms with Crippen LogP contribution in [-0.4, -0.2) is 4.57 Å². The van der Waals surface area contributed by atoms with E-state index in [4.69, 9.17) is 0 Å². The molecule has 3 aromatic carbocycles. The highest BCUT2D eigenvalue weighted by Crippen LogP contribution is 2.25. The average Bonchev–Trinajstić information content (AvgIpc) is 3.08. The lowest BCUT2D eigenvalue weighted by Gasteiger charge is -2.09. The Kier molecular flexibility index (Phi) is 8.52. The molecule has 2 aromatic heterocycles. The molecule has 0 spiro atoms.